The summed E-state index contributed by atoms with van der Waals surface area (Å²) in [6, 6.07) is 0. The predicted molar refractivity (Wildman–Crippen MR) is 85.8 cm³/mol. The van der Waals surface area contributed by atoms with Crippen LogP contribution in [0.2, 0.25) is 0 Å². The first-order valence-corrected chi connectivity index (χ1v) is 9.84. The summed E-state index contributed by atoms with van der Waals surface area (Å²) in [4.78, 5) is 0. The largest absolute Gasteiger partial charge is 0.0995 e. The zero-order chi connectivity index (χ0) is 13.0. The van der Waals surface area contributed by atoms with Gasteiger partial charge in [-0.2, -0.15) is 0 Å². The molecule has 0 heterocycles. The van der Waals surface area contributed by atoms with Crippen molar-refractivity contribution in [1.82, 2.24) is 0 Å². The van der Waals surface area contributed by atoms with E-state index in [1.54, 1.807) is 0 Å². The topological polar surface area (TPSA) is 0 Å². The van der Waals surface area contributed by atoms with Gasteiger partial charge in [-0.05, 0) is 12.8 Å². The molecule has 0 aromatic heterocycles. The van der Waals surface area contributed by atoms with Crippen LogP contribution in [0.1, 0.15) is 52.4 Å². The molecule has 0 amide bonds. The number of rotatable bonds is 12. The van der Waals surface area contributed by atoms with Crippen LogP contribution in [0.3, 0.4) is 0 Å². The molecule has 0 aliphatic rings. The van der Waals surface area contributed by atoms with Crippen molar-refractivity contribution >= 4 is 7.26 Å². The first-order chi connectivity index (χ1) is 8.24. The van der Waals surface area contributed by atoms with Crippen LogP contribution in [0.15, 0.2) is 25.3 Å². The van der Waals surface area contributed by atoms with Crippen LogP contribution < -0.4 is 0 Å². The quantitative estimate of drug-likeness (QED) is 0.236. The highest BCUT2D eigenvalue weighted by molar-refractivity contribution is 7.76. The number of hydrogen-bond donors (Lipinski definition) is 0. The molecule has 100 valence electrons. The Morgan fingerprint density at radius 1 is 0.765 bits per heavy atom. The molecule has 0 spiro atoms. The summed E-state index contributed by atoms with van der Waals surface area (Å²) in [5, 5.41) is 0. The van der Waals surface area contributed by atoms with Gasteiger partial charge in [-0.25, -0.2) is 0 Å². The molecule has 0 aliphatic carbocycles. The van der Waals surface area contributed by atoms with E-state index in [2.05, 4.69) is 39.2 Å². The zero-order valence-electron chi connectivity index (χ0n) is 12.1. The summed E-state index contributed by atoms with van der Waals surface area (Å²) >= 11 is 0. The molecule has 17 heavy (non-hydrogen) atoms. The van der Waals surface area contributed by atoms with Gasteiger partial charge in [-0.1, -0.05) is 64.8 Å². The van der Waals surface area contributed by atoms with Crippen molar-refractivity contribution in [2.24, 2.45) is 0 Å². The van der Waals surface area contributed by atoms with E-state index in [0.29, 0.717) is 0 Å². The van der Waals surface area contributed by atoms with Gasteiger partial charge in [0.1, 0.15) is 0 Å². The van der Waals surface area contributed by atoms with Crippen LogP contribution >= 0.6 is 7.26 Å². The summed E-state index contributed by atoms with van der Waals surface area (Å²) in [7, 11) is -0.792. The molecule has 0 saturated heterocycles. The Balaban J connectivity index is 4.35. The molecule has 0 saturated carbocycles. The van der Waals surface area contributed by atoms with Gasteiger partial charge in [-0.3, -0.25) is 0 Å². The standard InChI is InChI=1S/C16H32P/c1-5-9-11-15-17(13-7-3,14-8-4)16-12-10-6-2/h7-8H,3-6,9-16H2,1-2H3/q+1. The molecule has 0 aliphatic heterocycles. The second kappa shape index (κ2) is 11.0. The van der Waals surface area contributed by atoms with Gasteiger partial charge < -0.3 is 0 Å². The maximum atomic E-state index is 3.98. The highest BCUT2D eigenvalue weighted by Crippen LogP contribution is 2.60. The molecular weight excluding hydrogens is 223 g/mol. The van der Waals surface area contributed by atoms with Gasteiger partial charge in [0.25, 0.3) is 0 Å². The van der Waals surface area contributed by atoms with Gasteiger partial charge in [0, 0.05) is 7.26 Å². The van der Waals surface area contributed by atoms with E-state index >= 15 is 0 Å². The molecule has 0 unspecified atom stereocenters. The maximum absolute atomic E-state index is 3.98. The van der Waals surface area contributed by atoms with Gasteiger partial charge in [0.2, 0.25) is 0 Å². The molecule has 0 aromatic carbocycles. The van der Waals surface area contributed by atoms with Gasteiger partial charge in [0.15, 0.2) is 0 Å². The Morgan fingerprint density at radius 3 is 1.47 bits per heavy atom. The molecule has 0 bridgehead atoms. The molecule has 0 radical (unpaired) electrons. The first kappa shape index (κ1) is 16.9. The van der Waals surface area contributed by atoms with Crippen molar-refractivity contribution in [1.29, 1.82) is 0 Å². The summed E-state index contributed by atoms with van der Waals surface area (Å²) in [5.74, 6) is 0. The minimum absolute atomic E-state index is 0.792. The molecule has 0 N–H and O–H groups in total. The van der Waals surface area contributed by atoms with Crippen LogP contribution in [-0.4, -0.2) is 24.6 Å². The predicted octanol–water partition coefficient (Wildman–Crippen LogP) is 5.76. The third-order valence-corrected chi connectivity index (χ3v) is 8.10. The third kappa shape index (κ3) is 7.77. The second-order valence-electron chi connectivity index (χ2n) is 5.15. The van der Waals surface area contributed by atoms with Crippen molar-refractivity contribution < 1.29 is 0 Å². The average molecular weight is 255 g/mol. The van der Waals surface area contributed by atoms with Gasteiger partial charge >= 0.3 is 0 Å². The number of hydrogen-bond acceptors (Lipinski definition) is 0. The summed E-state index contributed by atoms with van der Waals surface area (Å²) < 4.78 is 0. The summed E-state index contributed by atoms with van der Waals surface area (Å²) in [6.07, 6.45) is 18.1. The molecule has 0 nitrogen and oxygen atoms in total. The third-order valence-electron chi connectivity index (χ3n) is 3.50. The molecule has 0 rings (SSSR count). The van der Waals surface area contributed by atoms with Gasteiger partial charge in [0.05, 0.1) is 24.6 Å². The minimum Gasteiger partial charge on any atom is -0.0995 e. The van der Waals surface area contributed by atoms with Crippen molar-refractivity contribution in [2.75, 3.05) is 24.6 Å². The molecular formula is C16H32P+. The number of unbranched alkanes of at least 4 members (excludes halogenated alkanes) is 4. The van der Waals surface area contributed by atoms with E-state index < -0.39 is 7.26 Å². The fraction of sp³-hybridized carbons (Fsp3) is 0.750. The van der Waals surface area contributed by atoms with Crippen LogP contribution in [0.4, 0.5) is 0 Å². The van der Waals surface area contributed by atoms with E-state index in [1.807, 2.05) is 0 Å². The lowest BCUT2D eigenvalue weighted by atomic mass is 10.3. The van der Waals surface area contributed by atoms with Crippen LogP contribution in [0, 0.1) is 0 Å². The smallest absolute Gasteiger partial charge is 0.0774 e. The van der Waals surface area contributed by atoms with Crippen LogP contribution in [0.5, 0.6) is 0 Å². The van der Waals surface area contributed by atoms with Crippen molar-refractivity contribution in [3.63, 3.8) is 0 Å². The highest BCUT2D eigenvalue weighted by atomic mass is 31.2. The van der Waals surface area contributed by atoms with Crippen molar-refractivity contribution in [3.8, 4) is 0 Å². The Kier molecular flexibility index (Phi) is 11.0. The molecule has 0 fully saturated rings. The normalized spacial score (nSPS) is 11.4. The Morgan fingerprint density at radius 2 is 1.18 bits per heavy atom. The van der Waals surface area contributed by atoms with Gasteiger partial charge in [-0.15, -0.1) is 0 Å². The molecule has 1 heteroatoms. The zero-order valence-corrected chi connectivity index (χ0v) is 13.0. The Labute approximate surface area is 110 Å². The number of allylic oxidation sites excluding steroid dienone is 2. The monoisotopic (exact) mass is 255 g/mol. The lowest BCUT2D eigenvalue weighted by Crippen LogP contribution is -2.10. The minimum atomic E-state index is -0.792. The molecule has 0 aromatic rings. The summed E-state index contributed by atoms with van der Waals surface area (Å²) in [5.41, 5.74) is 0. The average Bonchev–Trinajstić information content (AvgIpc) is 2.30. The van der Waals surface area contributed by atoms with Crippen molar-refractivity contribution in [3.05, 3.63) is 25.3 Å². The van der Waals surface area contributed by atoms with E-state index in [-0.39, 0.29) is 0 Å². The lowest BCUT2D eigenvalue weighted by Gasteiger charge is -2.25. The fourth-order valence-corrected chi connectivity index (χ4v) is 6.48. The second-order valence-corrected chi connectivity index (χ2v) is 9.45. The Hall–Kier alpha value is -0.0900. The fourth-order valence-electron chi connectivity index (χ4n) is 2.49. The summed E-state index contributed by atoms with van der Waals surface area (Å²) in [6.45, 7) is 12.5. The van der Waals surface area contributed by atoms with E-state index in [0.717, 1.165) is 0 Å². The SMILES string of the molecule is C=CC[P+](CC=C)(CCCCC)CCCCC. The first-order valence-electron chi connectivity index (χ1n) is 7.31. The van der Waals surface area contributed by atoms with E-state index in [9.17, 15) is 0 Å². The maximum Gasteiger partial charge on any atom is 0.0774 e. The van der Waals surface area contributed by atoms with Crippen LogP contribution in [-0.2, 0) is 0 Å². The highest BCUT2D eigenvalue weighted by Gasteiger charge is 2.33. The van der Waals surface area contributed by atoms with Crippen LogP contribution in [0.25, 0.3) is 0 Å². The van der Waals surface area contributed by atoms with Crippen molar-refractivity contribution in [2.45, 2.75) is 52.4 Å². The van der Waals surface area contributed by atoms with E-state index in [4.69, 9.17) is 0 Å². The molecule has 0 atom stereocenters. The van der Waals surface area contributed by atoms with E-state index in [1.165, 1.54) is 63.2 Å². The Bertz CT molecular complexity index is 174. The lowest BCUT2D eigenvalue weighted by molar-refractivity contribution is 0.757.